The summed E-state index contributed by atoms with van der Waals surface area (Å²) in [4.78, 5) is 25.4. The zero-order chi connectivity index (χ0) is 14.6. The molecule has 4 rings (SSSR count). The van der Waals surface area contributed by atoms with Gasteiger partial charge < -0.3 is 14.8 Å². The topological polar surface area (TPSA) is 67.9 Å². The minimum absolute atomic E-state index is 0.0558. The van der Waals surface area contributed by atoms with E-state index in [0.29, 0.717) is 25.3 Å². The fraction of sp³-hybridized carbons (Fsp3) is 0.467. The zero-order valence-electron chi connectivity index (χ0n) is 11.7. The van der Waals surface area contributed by atoms with Gasteiger partial charge in [0.25, 0.3) is 0 Å². The number of esters is 1. The van der Waals surface area contributed by atoms with Crippen LogP contribution >= 0.6 is 0 Å². The van der Waals surface area contributed by atoms with Crippen molar-refractivity contribution < 1.29 is 19.1 Å². The molecule has 0 radical (unpaired) electrons. The van der Waals surface area contributed by atoms with Gasteiger partial charge in [-0.1, -0.05) is 6.07 Å². The van der Waals surface area contributed by atoms with Crippen LogP contribution < -0.4 is 5.32 Å². The summed E-state index contributed by atoms with van der Waals surface area (Å²) in [5.41, 5.74) is 3.67. The molecule has 0 aromatic heterocycles. The Bertz CT molecular complexity index is 643. The monoisotopic (exact) mass is 288 g/mol. The van der Waals surface area contributed by atoms with E-state index in [1.165, 1.54) is 0 Å². The smallest absolute Gasteiger partial charge is 0.410 e. The lowest BCUT2D eigenvalue weighted by Gasteiger charge is -2.37. The molecule has 0 spiro atoms. The number of nitrogens with one attached hydrogen (secondary N) is 1. The van der Waals surface area contributed by atoms with Crippen LogP contribution in [0, 0.1) is 6.92 Å². The van der Waals surface area contributed by atoms with Crippen molar-refractivity contribution in [3.05, 3.63) is 34.4 Å². The molecule has 1 amide bonds. The van der Waals surface area contributed by atoms with Crippen LogP contribution in [0.15, 0.2) is 12.1 Å². The number of hydrogen-bond donors (Lipinski definition) is 1. The SMILES string of the molecule is Cc1c(C2CNCC3COC(=O)N32)ccc2c1COC2=O. The quantitative estimate of drug-likeness (QED) is 0.785. The Kier molecular flexibility index (Phi) is 2.68. The van der Waals surface area contributed by atoms with Crippen LogP contribution in [0.5, 0.6) is 0 Å². The number of carbonyl (C=O) groups is 2. The van der Waals surface area contributed by atoms with Crippen LogP contribution in [-0.4, -0.2) is 42.7 Å². The third-order valence-corrected chi connectivity index (χ3v) is 4.62. The molecule has 110 valence electrons. The largest absolute Gasteiger partial charge is 0.457 e. The van der Waals surface area contributed by atoms with E-state index in [9.17, 15) is 9.59 Å². The Morgan fingerprint density at radius 3 is 2.95 bits per heavy atom. The van der Waals surface area contributed by atoms with Crippen LogP contribution in [0.2, 0.25) is 0 Å². The number of cyclic esters (lactones) is 2. The molecule has 3 heterocycles. The molecule has 6 nitrogen and oxygen atoms in total. The first-order valence-electron chi connectivity index (χ1n) is 7.12. The van der Waals surface area contributed by atoms with Gasteiger partial charge in [-0.3, -0.25) is 4.90 Å². The van der Waals surface area contributed by atoms with E-state index >= 15 is 0 Å². The Morgan fingerprint density at radius 2 is 2.10 bits per heavy atom. The van der Waals surface area contributed by atoms with Gasteiger partial charge in [0.2, 0.25) is 0 Å². The molecule has 1 N–H and O–H groups in total. The molecule has 2 atom stereocenters. The van der Waals surface area contributed by atoms with E-state index in [4.69, 9.17) is 9.47 Å². The predicted molar refractivity (Wildman–Crippen MR) is 72.9 cm³/mol. The molecule has 0 bridgehead atoms. The molecule has 21 heavy (non-hydrogen) atoms. The fourth-order valence-electron chi connectivity index (χ4n) is 3.48. The Labute approximate surface area is 122 Å². The van der Waals surface area contributed by atoms with Gasteiger partial charge in [0.05, 0.1) is 17.6 Å². The number of fused-ring (bicyclic) bond motifs is 2. The van der Waals surface area contributed by atoms with E-state index in [1.54, 1.807) is 6.07 Å². The van der Waals surface area contributed by atoms with Crippen molar-refractivity contribution in [2.75, 3.05) is 19.7 Å². The predicted octanol–water partition coefficient (Wildman–Crippen LogP) is 1.13. The molecule has 3 aliphatic heterocycles. The van der Waals surface area contributed by atoms with Crippen molar-refractivity contribution >= 4 is 12.1 Å². The van der Waals surface area contributed by atoms with Gasteiger partial charge in [-0.25, -0.2) is 9.59 Å². The maximum Gasteiger partial charge on any atom is 0.410 e. The van der Waals surface area contributed by atoms with E-state index in [-0.39, 0.29) is 24.1 Å². The summed E-state index contributed by atoms with van der Waals surface area (Å²) in [5, 5.41) is 3.36. The first-order chi connectivity index (χ1) is 10.2. The van der Waals surface area contributed by atoms with Gasteiger partial charge >= 0.3 is 12.1 Å². The Balaban J connectivity index is 1.76. The number of ether oxygens (including phenoxy) is 2. The highest BCUT2D eigenvalue weighted by Crippen LogP contribution is 2.35. The lowest BCUT2D eigenvalue weighted by Crippen LogP contribution is -2.52. The average Bonchev–Trinajstić information content (AvgIpc) is 3.05. The van der Waals surface area contributed by atoms with Crippen molar-refractivity contribution in [3.63, 3.8) is 0 Å². The highest BCUT2D eigenvalue weighted by molar-refractivity contribution is 5.94. The third-order valence-electron chi connectivity index (χ3n) is 4.62. The molecular formula is C15H16N2O4. The summed E-state index contributed by atoms with van der Waals surface area (Å²) in [6.07, 6.45) is -0.251. The molecule has 1 aromatic rings. The van der Waals surface area contributed by atoms with E-state index in [2.05, 4.69) is 5.32 Å². The maximum atomic E-state index is 12.0. The van der Waals surface area contributed by atoms with E-state index in [0.717, 1.165) is 23.2 Å². The van der Waals surface area contributed by atoms with Crippen molar-refractivity contribution in [2.24, 2.45) is 0 Å². The summed E-state index contributed by atoms with van der Waals surface area (Å²) in [5.74, 6) is -0.264. The van der Waals surface area contributed by atoms with Gasteiger partial charge in [0.1, 0.15) is 13.2 Å². The van der Waals surface area contributed by atoms with Gasteiger partial charge in [-0.2, -0.15) is 0 Å². The number of benzene rings is 1. The maximum absolute atomic E-state index is 12.0. The molecule has 2 unspecified atom stereocenters. The van der Waals surface area contributed by atoms with Crippen molar-refractivity contribution in [1.82, 2.24) is 10.2 Å². The standard InChI is InChI=1S/C15H16N2O4/c1-8-10(2-3-11-12(8)7-20-14(11)18)13-5-16-4-9-6-21-15(19)17(9)13/h2-3,9,13,16H,4-7H2,1H3. The highest BCUT2D eigenvalue weighted by Gasteiger charge is 2.42. The number of rotatable bonds is 1. The van der Waals surface area contributed by atoms with Gasteiger partial charge in [-0.05, 0) is 24.1 Å². The second-order valence-corrected chi connectivity index (χ2v) is 5.69. The average molecular weight is 288 g/mol. The second-order valence-electron chi connectivity index (χ2n) is 5.69. The van der Waals surface area contributed by atoms with E-state index in [1.807, 2.05) is 17.9 Å². The summed E-state index contributed by atoms with van der Waals surface area (Å²) >= 11 is 0. The number of amides is 1. The first-order valence-corrected chi connectivity index (χ1v) is 7.12. The highest BCUT2D eigenvalue weighted by atomic mass is 16.6. The van der Waals surface area contributed by atoms with Crippen LogP contribution in [0.25, 0.3) is 0 Å². The van der Waals surface area contributed by atoms with Crippen LogP contribution in [-0.2, 0) is 16.1 Å². The molecular weight excluding hydrogens is 272 g/mol. The molecule has 3 aliphatic rings. The molecule has 0 aliphatic carbocycles. The molecule has 2 saturated heterocycles. The first kappa shape index (κ1) is 12.6. The molecule has 0 saturated carbocycles. The van der Waals surface area contributed by atoms with Crippen molar-refractivity contribution in [2.45, 2.75) is 25.6 Å². The third kappa shape index (κ3) is 1.75. The lowest BCUT2D eigenvalue weighted by molar-refractivity contribution is 0.0535. The van der Waals surface area contributed by atoms with Crippen LogP contribution in [0.1, 0.15) is 33.1 Å². The summed E-state index contributed by atoms with van der Waals surface area (Å²) < 4.78 is 10.3. The lowest BCUT2D eigenvalue weighted by atomic mass is 9.92. The molecule has 2 fully saturated rings. The normalized spacial score (nSPS) is 27.2. The van der Waals surface area contributed by atoms with Gasteiger partial charge in [-0.15, -0.1) is 0 Å². The van der Waals surface area contributed by atoms with Crippen molar-refractivity contribution in [3.8, 4) is 0 Å². The minimum Gasteiger partial charge on any atom is -0.457 e. The van der Waals surface area contributed by atoms with Crippen LogP contribution in [0.4, 0.5) is 4.79 Å². The Hall–Kier alpha value is -2.08. The second kappa shape index (κ2) is 4.46. The summed E-state index contributed by atoms with van der Waals surface area (Å²) in [6, 6.07) is 3.76. The van der Waals surface area contributed by atoms with Gasteiger partial charge in [0.15, 0.2) is 0 Å². The minimum atomic E-state index is -0.264. The van der Waals surface area contributed by atoms with Crippen LogP contribution in [0.3, 0.4) is 0 Å². The number of hydrogen-bond acceptors (Lipinski definition) is 5. The number of nitrogens with zero attached hydrogens (tertiary/aromatic N) is 1. The van der Waals surface area contributed by atoms with Crippen molar-refractivity contribution in [1.29, 1.82) is 0 Å². The fourth-order valence-corrected chi connectivity index (χ4v) is 3.48. The van der Waals surface area contributed by atoms with Gasteiger partial charge in [0, 0.05) is 18.7 Å². The number of piperazine rings is 1. The summed E-state index contributed by atoms with van der Waals surface area (Å²) in [6.45, 7) is 4.20. The summed E-state index contributed by atoms with van der Waals surface area (Å²) in [7, 11) is 0. The molecule has 1 aromatic carbocycles. The Morgan fingerprint density at radius 1 is 1.24 bits per heavy atom. The van der Waals surface area contributed by atoms with E-state index < -0.39 is 0 Å². The number of carbonyl (C=O) groups excluding carboxylic acids is 2. The molecule has 6 heteroatoms. The zero-order valence-corrected chi connectivity index (χ0v) is 11.7.